The molecule has 1 heterocycles. The van der Waals surface area contributed by atoms with Gasteiger partial charge in [-0.05, 0) is 39.2 Å². The molecular formula is C22H34N2O3. The molecule has 150 valence electrons. The third kappa shape index (κ3) is 5.98. The third-order valence-electron chi connectivity index (χ3n) is 5.22. The van der Waals surface area contributed by atoms with E-state index in [1.54, 1.807) is 0 Å². The van der Waals surface area contributed by atoms with Crippen LogP contribution in [-0.2, 0) is 9.53 Å². The molecule has 1 aromatic carbocycles. The lowest BCUT2D eigenvalue weighted by atomic mass is 9.89. The minimum Gasteiger partial charge on any atom is -0.444 e. The number of benzene rings is 1. The fourth-order valence-corrected chi connectivity index (χ4v) is 3.76. The lowest BCUT2D eigenvalue weighted by Gasteiger charge is -2.22. The molecule has 1 aromatic rings. The number of carbonyl (C=O) groups excluding carboxylic acids is 2. The lowest BCUT2D eigenvalue weighted by molar-refractivity contribution is -0.134. The number of amides is 2. The highest BCUT2D eigenvalue weighted by Crippen LogP contribution is 2.33. The number of alkyl carbamates (subject to hydrolysis) is 1. The molecule has 0 radical (unpaired) electrons. The molecule has 0 aliphatic carbocycles. The summed E-state index contributed by atoms with van der Waals surface area (Å²) in [6.45, 7) is 11.6. The molecule has 1 saturated heterocycles. The fraction of sp³-hybridized carbons (Fsp3) is 0.636. The number of ether oxygens (including phenoxy) is 1. The monoisotopic (exact) mass is 374 g/mol. The van der Waals surface area contributed by atoms with Crippen molar-refractivity contribution in [2.75, 3.05) is 19.6 Å². The van der Waals surface area contributed by atoms with E-state index in [9.17, 15) is 9.59 Å². The summed E-state index contributed by atoms with van der Waals surface area (Å²) in [6.07, 6.45) is 1.32. The number of nitrogens with one attached hydrogen (secondary N) is 1. The Morgan fingerprint density at radius 2 is 1.78 bits per heavy atom. The Labute approximate surface area is 163 Å². The second-order valence-electron chi connectivity index (χ2n) is 8.42. The highest BCUT2D eigenvalue weighted by molar-refractivity contribution is 5.79. The summed E-state index contributed by atoms with van der Waals surface area (Å²) < 4.78 is 5.36. The van der Waals surface area contributed by atoms with Crippen LogP contribution in [0.15, 0.2) is 30.3 Å². The van der Waals surface area contributed by atoms with Crippen molar-refractivity contribution in [1.29, 1.82) is 0 Å². The van der Waals surface area contributed by atoms with Crippen molar-refractivity contribution in [2.24, 2.45) is 11.8 Å². The van der Waals surface area contributed by atoms with Crippen LogP contribution in [0.25, 0.3) is 0 Å². The Kier molecular flexibility index (Phi) is 7.28. The number of hydrogen-bond donors (Lipinski definition) is 1. The van der Waals surface area contributed by atoms with Crippen LogP contribution >= 0.6 is 0 Å². The van der Waals surface area contributed by atoms with Crippen molar-refractivity contribution < 1.29 is 14.3 Å². The Morgan fingerprint density at radius 3 is 2.33 bits per heavy atom. The summed E-state index contributed by atoms with van der Waals surface area (Å²) in [4.78, 5) is 26.9. The first-order valence-electron chi connectivity index (χ1n) is 10.1. The molecule has 1 aliphatic heterocycles. The van der Waals surface area contributed by atoms with Gasteiger partial charge >= 0.3 is 6.09 Å². The second-order valence-corrected chi connectivity index (χ2v) is 8.42. The number of rotatable bonds is 6. The van der Waals surface area contributed by atoms with Gasteiger partial charge < -0.3 is 15.0 Å². The Hall–Kier alpha value is -2.04. The van der Waals surface area contributed by atoms with Gasteiger partial charge in [0, 0.05) is 37.4 Å². The van der Waals surface area contributed by atoms with Gasteiger partial charge in [0.2, 0.25) is 5.91 Å². The first-order chi connectivity index (χ1) is 12.7. The van der Waals surface area contributed by atoms with Gasteiger partial charge in [-0.25, -0.2) is 4.79 Å². The molecule has 1 fully saturated rings. The van der Waals surface area contributed by atoms with Crippen molar-refractivity contribution in [3.8, 4) is 0 Å². The fourth-order valence-electron chi connectivity index (χ4n) is 3.76. The number of hydrogen-bond acceptors (Lipinski definition) is 3. The molecule has 1 N–H and O–H groups in total. The molecule has 0 unspecified atom stereocenters. The van der Waals surface area contributed by atoms with Gasteiger partial charge in [-0.2, -0.15) is 0 Å². The van der Waals surface area contributed by atoms with Crippen LogP contribution in [-0.4, -0.2) is 42.1 Å². The standard InChI is InChI=1S/C22H34N2O3/c1-6-16(7-2)20(25)24-14-18(13-23-21(26)27-22(3,4)5)19(15-24)17-11-9-8-10-12-17/h8-12,16,18-19H,6-7,13-15H2,1-5H3,(H,23,26)/t18-,19+/m1/s1. The van der Waals surface area contributed by atoms with E-state index in [4.69, 9.17) is 4.74 Å². The van der Waals surface area contributed by atoms with Crippen molar-refractivity contribution in [1.82, 2.24) is 10.2 Å². The Morgan fingerprint density at radius 1 is 1.15 bits per heavy atom. The first kappa shape index (κ1) is 21.3. The van der Waals surface area contributed by atoms with E-state index in [-0.39, 0.29) is 23.7 Å². The van der Waals surface area contributed by atoms with E-state index in [2.05, 4.69) is 31.3 Å². The van der Waals surface area contributed by atoms with E-state index in [0.717, 1.165) is 12.8 Å². The van der Waals surface area contributed by atoms with Crippen molar-refractivity contribution in [2.45, 2.75) is 59.0 Å². The largest absolute Gasteiger partial charge is 0.444 e. The summed E-state index contributed by atoms with van der Waals surface area (Å²) in [6, 6.07) is 10.3. The maximum absolute atomic E-state index is 12.9. The van der Waals surface area contributed by atoms with Crippen molar-refractivity contribution >= 4 is 12.0 Å². The van der Waals surface area contributed by atoms with E-state index < -0.39 is 11.7 Å². The second kappa shape index (κ2) is 9.25. The Balaban J connectivity index is 2.09. The van der Waals surface area contributed by atoms with Crippen LogP contribution in [0.3, 0.4) is 0 Å². The maximum atomic E-state index is 12.9. The van der Waals surface area contributed by atoms with Gasteiger partial charge in [0.1, 0.15) is 5.60 Å². The van der Waals surface area contributed by atoms with Crippen LogP contribution in [0, 0.1) is 11.8 Å². The molecule has 0 aromatic heterocycles. The smallest absolute Gasteiger partial charge is 0.407 e. The van der Waals surface area contributed by atoms with Gasteiger partial charge in [0.25, 0.3) is 0 Å². The summed E-state index contributed by atoms with van der Waals surface area (Å²) in [5, 5.41) is 2.90. The molecule has 2 amide bonds. The van der Waals surface area contributed by atoms with Gasteiger partial charge in [0.05, 0.1) is 0 Å². The molecule has 5 heteroatoms. The van der Waals surface area contributed by atoms with Gasteiger partial charge in [-0.1, -0.05) is 44.2 Å². The van der Waals surface area contributed by atoms with Crippen LogP contribution < -0.4 is 5.32 Å². The average molecular weight is 375 g/mol. The van der Waals surface area contributed by atoms with Crippen molar-refractivity contribution in [3.05, 3.63) is 35.9 Å². The van der Waals surface area contributed by atoms with Crippen LogP contribution in [0.2, 0.25) is 0 Å². The molecule has 27 heavy (non-hydrogen) atoms. The number of nitrogens with zero attached hydrogens (tertiary/aromatic N) is 1. The molecule has 0 spiro atoms. The summed E-state index contributed by atoms with van der Waals surface area (Å²) in [7, 11) is 0. The van der Waals surface area contributed by atoms with Gasteiger partial charge in [-0.15, -0.1) is 0 Å². The highest BCUT2D eigenvalue weighted by Gasteiger charge is 2.37. The summed E-state index contributed by atoms with van der Waals surface area (Å²) in [5.41, 5.74) is 0.698. The number of likely N-dealkylation sites (tertiary alicyclic amines) is 1. The molecule has 0 bridgehead atoms. The normalized spacial score (nSPS) is 20.0. The zero-order valence-electron chi connectivity index (χ0n) is 17.3. The number of carbonyl (C=O) groups is 2. The predicted octanol–water partition coefficient (Wildman–Crippen LogP) is 4.19. The SMILES string of the molecule is CCC(CC)C(=O)N1C[C@@H](CNC(=O)OC(C)(C)C)[C@H](c2ccccc2)C1. The van der Waals surface area contributed by atoms with E-state index in [1.165, 1.54) is 5.56 Å². The van der Waals surface area contributed by atoms with Crippen LogP contribution in [0.4, 0.5) is 4.79 Å². The van der Waals surface area contributed by atoms with Gasteiger partial charge in [0.15, 0.2) is 0 Å². The zero-order valence-corrected chi connectivity index (χ0v) is 17.3. The molecule has 5 nitrogen and oxygen atoms in total. The first-order valence-corrected chi connectivity index (χ1v) is 10.1. The van der Waals surface area contributed by atoms with Crippen LogP contribution in [0.5, 0.6) is 0 Å². The quantitative estimate of drug-likeness (QED) is 0.812. The summed E-state index contributed by atoms with van der Waals surface area (Å²) in [5.74, 6) is 0.720. The average Bonchev–Trinajstić information content (AvgIpc) is 3.04. The van der Waals surface area contributed by atoms with E-state index in [0.29, 0.717) is 19.6 Å². The minimum absolute atomic E-state index is 0.0824. The van der Waals surface area contributed by atoms with Crippen molar-refractivity contribution in [3.63, 3.8) is 0 Å². The predicted molar refractivity (Wildman–Crippen MR) is 108 cm³/mol. The molecule has 2 atom stereocenters. The molecule has 2 rings (SSSR count). The van der Waals surface area contributed by atoms with Crippen LogP contribution in [0.1, 0.15) is 58.9 Å². The topological polar surface area (TPSA) is 58.6 Å². The lowest BCUT2D eigenvalue weighted by Crippen LogP contribution is -2.38. The van der Waals surface area contributed by atoms with E-state index >= 15 is 0 Å². The molecule has 0 saturated carbocycles. The molecular weight excluding hydrogens is 340 g/mol. The maximum Gasteiger partial charge on any atom is 0.407 e. The summed E-state index contributed by atoms with van der Waals surface area (Å²) >= 11 is 0. The minimum atomic E-state index is -0.518. The zero-order chi connectivity index (χ0) is 20.0. The molecule has 1 aliphatic rings. The third-order valence-corrected chi connectivity index (χ3v) is 5.22. The van der Waals surface area contributed by atoms with Gasteiger partial charge in [-0.3, -0.25) is 4.79 Å². The Bertz CT molecular complexity index is 620. The van der Waals surface area contributed by atoms with E-state index in [1.807, 2.05) is 43.9 Å². The highest BCUT2D eigenvalue weighted by atomic mass is 16.6.